The molecule has 0 saturated heterocycles. The molecule has 1 amide bonds. The third-order valence-corrected chi connectivity index (χ3v) is 4.68. The summed E-state index contributed by atoms with van der Waals surface area (Å²) >= 11 is 1.75. The van der Waals surface area contributed by atoms with Crippen LogP contribution in [0.3, 0.4) is 0 Å². The third-order valence-electron chi connectivity index (χ3n) is 2.03. The van der Waals surface area contributed by atoms with Crippen molar-refractivity contribution >= 4 is 47.5 Å². The average molecular weight is 389 g/mol. The van der Waals surface area contributed by atoms with Gasteiger partial charge < -0.3 is 0 Å². The molecule has 104 valence electrons. The topological polar surface area (TPSA) is 136 Å². The van der Waals surface area contributed by atoms with Gasteiger partial charge in [0.15, 0.2) is 0 Å². The van der Waals surface area contributed by atoms with Crippen molar-refractivity contribution in [2.75, 3.05) is 5.44 Å². The van der Waals surface area contributed by atoms with Gasteiger partial charge in [-0.2, -0.15) is 0 Å². The Kier molecular flexibility index (Phi) is 9.27. The van der Waals surface area contributed by atoms with Gasteiger partial charge in [0, 0.05) is 0 Å². The number of carbonyl (C=O) groups is 3. The molecule has 0 spiro atoms. The van der Waals surface area contributed by atoms with Crippen molar-refractivity contribution < 1.29 is 19.5 Å². The number of rotatable bonds is 10. The van der Waals surface area contributed by atoms with Crippen LogP contribution in [0.25, 0.3) is 0 Å². The van der Waals surface area contributed by atoms with Crippen molar-refractivity contribution in [2.45, 2.75) is 30.2 Å². The van der Waals surface area contributed by atoms with E-state index >= 15 is 0 Å². The van der Waals surface area contributed by atoms with E-state index in [1.807, 2.05) is 0 Å². The van der Waals surface area contributed by atoms with Gasteiger partial charge in [0.2, 0.25) is 0 Å². The van der Waals surface area contributed by atoms with E-state index in [9.17, 15) is 14.4 Å². The van der Waals surface area contributed by atoms with Gasteiger partial charge in [-0.05, 0) is 0 Å². The molecular weight excluding hydrogens is 372 g/mol. The number of hydrogen-bond acceptors (Lipinski definition) is 5. The van der Waals surface area contributed by atoms with Crippen molar-refractivity contribution in [3.05, 3.63) is 0 Å². The fraction of sp³-hybridized carbons (Fsp3) is 0.667. The van der Waals surface area contributed by atoms with E-state index in [1.165, 1.54) is 0 Å². The monoisotopic (exact) mass is 391 g/mol. The van der Waals surface area contributed by atoms with Gasteiger partial charge in [0.05, 0.1) is 0 Å². The number of carboxylic acid groups (broad SMARTS) is 1. The van der Waals surface area contributed by atoms with Gasteiger partial charge in [-0.15, -0.1) is 0 Å². The zero-order valence-corrected chi connectivity index (χ0v) is 13.3. The minimum atomic E-state index is -0.947. The van der Waals surface area contributed by atoms with Crippen molar-refractivity contribution in [2.24, 2.45) is 11.5 Å². The van der Waals surface area contributed by atoms with Crippen LogP contribution in [-0.4, -0.2) is 70.2 Å². The SMILES string of the molecule is NC(=O)CC[C@H](N)C(=O)[Se]CN[C@@H](C[SeH])C(=O)O. The molecule has 2 atom stereocenters. The fourth-order valence-corrected chi connectivity index (χ4v) is 3.16. The van der Waals surface area contributed by atoms with Gasteiger partial charge in [-0.25, -0.2) is 0 Å². The zero-order chi connectivity index (χ0) is 14.1. The van der Waals surface area contributed by atoms with Crippen LogP contribution < -0.4 is 16.8 Å². The molecule has 0 aliphatic carbocycles. The number of aliphatic carboxylic acids is 1. The average Bonchev–Trinajstić information content (AvgIpc) is 2.30. The summed E-state index contributed by atoms with van der Waals surface area (Å²) in [6.45, 7) is 0. The summed E-state index contributed by atoms with van der Waals surface area (Å²) in [5, 5.41) is 11.9. The Morgan fingerprint density at radius 2 is 2.00 bits per heavy atom. The van der Waals surface area contributed by atoms with E-state index in [-0.39, 0.29) is 17.5 Å². The Balaban J connectivity index is 3.88. The molecule has 0 heterocycles. The Labute approximate surface area is 119 Å². The number of carboxylic acids is 1. The first-order valence-electron chi connectivity index (χ1n) is 5.16. The predicted molar refractivity (Wildman–Crippen MR) is 68.5 cm³/mol. The van der Waals surface area contributed by atoms with Crippen molar-refractivity contribution in [3.63, 3.8) is 0 Å². The van der Waals surface area contributed by atoms with Crippen molar-refractivity contribution in [3.8, 4) is 0 Å². The fourth-order valence-electron chi connectivity index (χ4n) is 0.966. The molecular formula is C9H17N3O4Se2. The van der Waals surface area contributed by atoms with E-state index < -0.39 is 38.9 Å². The summed E-state index contributed by atoms with van der Waals surface area (Å²) in [5.41, 5.74) is 10.8. The summed E-state index contributed by atoms with van der Waals surface area (Å²) in [5.74, 6) is -1.43. The maximum absolute atomic E-state index is 11.6. The molecule has 0 aromatic rings. The predicted octanol–water partition coefficient (Wildman–Crippen LogP) is -2.87. The standard InChI is InChI=1S/C9H17N3O4Se2/c10-5(1-2-7(11)13)9(16)18-4-12-6(3-17)8(14)15/h5-6,12,17H,1-4,10H2,(H2,11,13)(H,14,15)/t5-,6-/m0/s1. The van der Waals surface area contributed by atoms with E-state index in [2.05, 4.69) is 21.3 Å². The first-order chi connectivity index (χ1) is 8.38. The maximum atomic E-state index is 11.6. The number of hydrogen-bond donors (Lipinski definition) is 4. The van der Waals surface area contributed by atoms with Crippen molar-refractivity contribution in [1.82, 2.24) is 5.32 Å². The molecule has 0 rings (SSSR count). The van der Waals surface area contributed by atoms with E-state index in [0.29, 0.717) is 10.8 Å². The second kappa shape index (κ2) is 9.49. The van der Waals surface area contributed by atoms with Gasteiger partial charge in [-0.1, -0.05) is 0 Å². The molecule has 0 radical (unpaired) electrons. The molecule has 7 nitrogen and oxygen atoms in total. The van der Waals surface area contributed by atoms with Gasteiger partial charge in [0.1, 0.15) is 0 Å². The minimum absolute atomic E-state index is 0.0839. The molecule has 0 aliphatic heterocycles. The summed E-state index contributed by atoms with van der Waals surface area (Å²) in [4.78, 5) is 32.8. The number of nitrogens with one attached hydrogen (secondary N) is 1. The van der Waals surface area contributed by atoms with Gasteiger partial charge in [0.25, 0.3) is 0 Å². The van der Waals surface area contributed by atoms with Crippen LogP contribution in [-0.2, 0) is 14.4 Å². The Bertz CT molecular complexity index is 314. The van der Waals surface area contributed by atoms with Crippen LogP contribution in [0.1, 0.15) is 12.8 Å². The molecule has 0 fully saturated rings. The van der Waals surface area contributed by atoms with Crippen LogP contribution in [0.15, 0.2) is 0 Å². The Morgan fingerprint density at radius 1 is 1.39 bits per heavy atom. The van der Waals surface area contributed by atoms with Crippen LogP contribution in [0.4, 0.5) is 0 Å². The number of carbonyl (C=O) groups excluding carboxylic acids is 2. The second-order valence-corrected chi connectivity index (χ2v) is 6.32. The Hall–Kier alpha value is -0.431. The van der Waals surface area contributed by atoms with E-state index in [4.69, 9.17) is 16.6 Å². The summed E-state index contributed by atoms with van der Waals surface area (Å²) in [7, 11) is 0. The second-order valence-electron chi connectivity index (χ2n) is 3.50. The molecule has 6 N–H and O–H groups in total. The van der Waals surface area contributed by atoms with Crippen LogP contribution in [0.2, 0.25) is 5.32 Å². The van der Waals surface area contributed by atoms with Crippen LogP contribution in [0, 0.1) is 0 Å². The Morgan fingerprint density at radius 3 is 2.44 bits per heavy atom. The number of amides is 1. The van der Waals surface area contributed by atoms with E-state index in [1.54, 1.807) is 0 Å². The number of primary amides is 1. The summed E-state index contributed by atoms with van der Waals surface area (Å²) in [6, 6.07) is -1.36. The van der Waals surface area contributed by atoms with Crippen molar-refractivity contribution in [1.29, 1.82) is 0 Å². The first kappa shape index (κ1) is 17.6. The zero-order valence-electron chi connectivity index (χ0n) is 9.67. The molecule has 18 heavy (non-hydrogen) atoms. The quantitative estimate of drug-likeness (QED) is 0.297. The van der Waals surface area contributed by atoms with Gasteiger partial charge in [-0.3, -0.25) is 0 Å². The van der Waals surface area contributed by atoms with Crippen LogP contribution >= 0.6 is 0 Å². The van der Waals surface area contributed by atoms with Crippen LogP contribution in [0.5, 0.6) is 0 Å². The molecule has 0 aromatic carbocycles. The normalized spacial score (nSPS) is 13.9. The third kappa shape index (κ3) is 7.81. The molecule has 0 aromatic heterocycles. The molecule has 9 heteroatoms. The molecule has 0 aliphatic rings. The molecule has 0 bridgehead atoms. The van der Waals surface area contributed by atoms with Gasteiger partial charge >= 0.3 is 119 Å². The summed E-state index contributed by atoms with van der Waals surface area (Å²) in [6.07, 6.45) is 0.323. The number of nitrogens with two attached hydrogens (primary N) is 2. The molecule has 0 unspecified atom stereocenters. The molecule has 0 saturated carbocycles. The summed E-state index contributed by atoms with van der Waals surface area (Å²) < 4.78 is -0.147. The first-order valence-corrected chi connectivity index (χ1v) is 8.55. The van der Waals surface area contributed by atoms with E-state index in [0.717, 1.165) is 0 Å².